The summed E-state index contributed by atoms with van der Waals surface area (Å²) in [5, 5.41) is 17.3. The predicted molar refractivity (Wildman–Crippen MR) is 453 cm³/mol. The minimum absolute atomic E-state index is 0. The van der Waals surface area contributed by atoms with E-state index in [1.54, 1.807) is 0 Å². The molecular weight excluding hydrogens is 1700 g/mol. The number of hydrogen-bond acceptors (Lipinski definition) is 6. The number of rotatable bonds is 6. The van der Waals surface area contributed by atoms with Gasteiger partial charge in [-0.15, -0.1) is 64.4 Å². The molecule has 14 aromatic carbocycles. The molecule has 4 aliphatic heterocycles. The van der Waals surface area contributed by atoms with Gasteiger partial charge in [-0.1, -0.05) is 264 Å². The van der Waals surface area contributed by atoms with E-state index in [0.717, 1.165) is 39.1 Å². The second-order valence-corrected chi connectivity index (χ2v) is 30.3. The van der Waals surface area contributed by atoms with Crippen LogP contribution in [0.4, 0.5) is 11.4 Å². The molecule has 0 saturated carbocycles. The topological polar surface area (TPSA) is 47.6 Å². The summed E-state index contributed by atoms with van der Waals surface area (Å²) in [6.07, 6.45) is 8.49. The van der Waals surface area contributed by atoms with Crippen molar-refractivity contribution in [1.29, 1.82) is 0 Å². The number of nitrogens with zero attached hydrogens (tertiary/aromatic N) is 8. The van der Waals surface area contributed by atoms with Gasteiger partial charge in [0.1, 0.15) is 0 Å². The number of aromatic nitrogens is 4. The molecule has 110 heavy (non-hydrogen) atoms. The van der Waals surface area contributed by atoms with E-state index in [9.17, 15) is 0 Å². The fourth-order valence-electron chi connectivity index (χ4n) is 17.7. The molecule has 4 aliphatic rings. The fraction of sp³-hybridized carbons (Fsp3) is 0.140. The Morgan fingerprint density at radius 1 is 0.327 bits per heavy atom. The second kappa shape index (κ2) is 28.7. The van der Waals surface area contributed by atoms with Gasteiger partial charge >= 0.3 is 40.2 Å². The summed E-state index contributed by atoms with van der Waals surface area (Å²) >= 11 is 0. The number of imidazole rings is 2. The molecule has 4 aromatic heterocycles. The molecule has 18 aromatic rings. The molecule has 0 N–H and O–H groups in total. The molecular formula is C100H80Ir2N8. The molecule has 0 radical (unpaired) electrons. The van der Waals surface area contributed by atoms with Crippen molar-refractivity contribution in [3.05, 3.63) is 338 Å². The van der Waals surface area contributed by atoms with Gasteiger partial charge in [0.05, 0.1) is 22.7 Å². The number of pyridine rings is 2. The van der Waals surface area contributed by atoms with E-state index < -0.39 is 0 Å². The van der Waals surface area contributed by atoms with E-state index in [-0.39, 0.29) is 40.2 Å². The quantitative estimate of drug-likeness (QED) is 0.0939. The van der Waals surface area contributed by atoms with Crippen LogP contribution in [0.3, 0.4) is 0 Å². The smallest absolute Gasteiger partial charge is 0.510 e. The molecule has 0 fully saturated rings. The first kappa shape index (κ1) is 71.7. The van der Waals surface area contributed by atoms with Gasteiger partial charge in [0.15, 0.2) is 0 Å². The third-order valence-electron chi connectivity index (χ3n) is 22.4. The van der Waals surface area contributed by atoms with Gasteiger partial charge in [-0.3, -0.25) is 9.97 Å². The summed E-state index contributed by atoms with van der Waals surface area (Å²) in [5.41, 5.74) is 27.2. The third-order valence-corrected chi connectivity index (χ3v) is 22.4. The van der Waals surface area contributed by atoms with Crippen LogP contribution in [0, 0.1) is 37.6 Å². The Kier molecular flexibility index (Phi) is 18.7. The predicted octanol–water partition coefficient (Wildman–Crippen LogP) is 25.4. The molecule has 0 bridgehead atoms. The monoisotopic (exact) mass is 1780 g/mol. The zero-order valence-corrected chi connectivity index (χ0v) is 67.9. The van der Waals surface area contributed by atoms with Gasteiger partial charge < -0.3 is 28.4 Å². The minimum Gasteiger partial charge on any atom is -0.510 e. The molecule has 10 heteroatoms. The van der Waals surface area contributed by atoms with Crippen LogP contribution in [0.1, 0.15) is 112 Å². The number of hydrogen-bond donors (Lipinski definition) is 0. The summed E-state index contributed by atoms with van der Waals surface area (Å²) < 4.78 is 4.85. The zero-order valence-electron chi connectivity index (χ0n) is 63.1. The van der Waals surface area contributed by atoms with Gasteiger partial charge in [0.25, 0.3) is 0 Å². The average molecular weight is 1780 g/mol. The minimum atomic E-state index is 0. The van der Waals surface area contributed by atoms with Crippen molar-refractivity contribution in [2.24, 2.45) is 0 Å². The van der Waals surface area contributed by atoms with Crippen LogP contribution in [0.15, 0.2) is 267 Å². The first-order chi connectivity index (χ1) is 52.8. The summed E-state index contributed by atoms with van der Waals surface area (Å²) in [6.45, 7) is 22.5. The van der Waals surface area contributed by atoms with Crippen molar-refractivity contribution < 1.29 is 40.2 Å². The van der Waals surface area contributed by atoms with Crippen molar-refractivity contribution in [2.75, 3.05) is 23.9 Å². The molecule has 0 spiro atoms. The van der Waals surface area contributed by atoms with Gasteiger partial charge in [0.2, 0.25) is 0 Å². The Morgan fingerprint density at radius 2 is 0.736 bits per heavy atom. The molecule has 538 valence electrons. The number of benzene rings is 14. The van der Waals surface area contributed by atoms with Crippen molar-refractivity contribution in [3.63, 3.8) is 0 Å². The Hall–Kier alpha value is -11.2. The van der Waals surface area contributed by atoms with Crippen molar-refractivity contribution in [2.45, 2.75) is 79.1 Å². The molecule has 8 nitrogen and oxygen atoms in total. The first-order valence-electron chi connectivity index (χ1n) is 37.8. The van der Waals surface area contributed by atoms with E-state index in [2.05, 4.69) is 367 Å². The first-order valence-corrected chi connectivity index (χ1v) is 37.8. The van der Waals surface area contributed by atoms with Gasteiger partial charge in [-0.05, 0) is 127 Å². The van der Waals surface area contributed by atoms with Crippen molar-refractivity contribution in [3.8, 4) is 44.8 Å². The summed E-state index contributed by atoms with van der Waals surface area (Å²) in [5.74, 6) is 1.62. The largest absolute Gasteiger partial charge is 3.00 e. The van der Waals surface area contributed by atoms with E-state index in [4.69, 9.17) is 9.97 Å². The summed E-state index contributed by atoms with van der Waals surface area (Å²) in [4.78, 5) is 18.8. The van der Waals surface area contributed by atoms with Crippen LogP contribution in [0.2, 0.25) is 0 Å². The van der Waals surface area contributed by atoms with Crippen molar-refractivity contribution in [1.82, 2.24) is 28.6 Å². The van der Waals surface area contributed by atoms with E-state index in [1.165, 1.54) is 160 Å². The molecule has 0 atom stereocenters. The van der Waals surface area contributed by atoms with E-state index in [1.807, 2.05) is 36.4 Å². The van der Waals surface area contributed by atoms with Crippen molar-refractivity contribution >= 4 is 121 Å². The average Bonchev–Trinajstić information content (AvgIpc) is 1.33. The number of fused-ring (bicyclic) bond motifs is 28. The molecule has 0 unspecified atom stereocenters. The summed E-state index contributed by atoms with van der Waals surface area (Å²) in [6, 6.07) is 101. The van der Waals surface area contributed by atoms with Gasteiger partial charge in [-0.25, -0.2) is 0 Å². The van der Waals surface area contributed by atoms with Crippen LogP contribution in [0.25, 0.3) is 154 Å². The molecule has 0 aliphatic carbocycles. The third kappa shape index (κ3) is 11.5. The molecule has 0 amide bonds. The Morgan fingerprint density at radius 3 is 1.27 bits per heavy atom. The van der Waals surface area contributed by atoms with Crippen LogP contribution >= 0.6 is 0 Å². The van der Waals surface area contributed by atoms with E-state index in [0.29, 0.717) is 23.7 Å². The standard InChI is InChI=1S/C35H29N2.C33H27N2.2C16H12N2.2Ir/c1-21(2)23-18-11-19-24(22(3)4)32(23)31-20-36-35-30-17-10-8-15-28(30)33-27-14-7-5-12-25(27)26-13-6-9-16-29(26)34(33)37(31)35;1-19(2)24-12-8-13-25(20(3)4)31(24)28-18-34-33-27-14-7-10-21-15-16-23-17-22-9-5-6-11-26(22)32(35(28)33)30(23)29(21)27;2*1-17-10-16-14-8-3-2-6-12(14)13-7-4-5-9-15(13)18(16)11-17;;/h5-16,18-22H,1-4H3;5-13,15-20H,1-4H3;2*2-8,10-11H,1H3;;/q2*-1;2*-2;2*+3. The van der Waals surface area contributed by atoms with E-state index >= 15 is 0 Å². The zero-order chi connectivity index (χ0) is 73.3. The van der Waals surface area contributed by atoms with Crippen LogP contribution in [-0.4, -0.2) is 42.7 Å². The number of para-hydroxylation sites is 2. The van der Waals surface area contributed by atoms with Crippen LogP contribution in [-0.2, 0) is 40.2 Å². The maximum atomic E-state index is 5.09. The molecule has 22 rings (SSSR count). The maximum absolute atomic E-state index is 5.09. The van der Waals surface area contributed by atoms with Crippen LogP contribution < -0.4 is 9.80 Å². The maximum Gasteiger partial charge on any atom is 3.00 e. The normalized spacial score (nSPS) is 13.3. The Bertz CT molecular complexity index is 6560. The van der Waals surface area contributed by atoms with Gasteiger partial charge in [0, 0.05) is 56.7 Å². The number of anilines is 2. The summed E-state index contributed by atoms with van der Waals surface area (Å²) in [7, 11) is 4.10. The SMILES string of the molecule is CC(C)c1cccc(C(C)C)c1-c1cnc2c3[c-]ccc4ccc5cc6ccccc6c(c5c43)n12.CC(C)c1cccc(C(C)C)c1-c1cnc2c3[c-]cccc3c3c4ccccc4c4ccccc4c3n12.CN1C=C2c3ccccc3-c3ccc[c-]c3N2[CH-]1.CN1C=C2c3ccccc3-c3ccc[c-]c3N2[CH-]1.[Ir+3].[Ir+3]. The fourth-order valence-corrected chi connectivity index (χ4v) is 17.7. The molecule has 8 heterocycles. The second-order valence-electron chi connectivity index (χ2n) is 30.3. The van der Waals surface area contributed by atoms with Gasteiger partial charge in [-0.2, -0.15) is 61.9 Å². The Labute approximate surface area is 670 Å². The Balaban J connectivity index is 0.000000111. The molecule has 0 saturated heterocycles. The van der Waals surface area contributed by atoms with Crippen LogP contribution in [0.5, 0.6) is 0 Å².